The van der Waals surface area contributed by atoms with Crippen molar-refractivity contribution in [2.24, 2.45) is 0 Å². The molecule has 0 amide bonds. The van der Waals surface area contributed by atoms with Gasteiger partial charge in [-0.25, -0.2) is 0 Å². The number of aliphatic hydroxyl groups is 1. The number of carbonyl (C=O) groups is 2. The highest BCUT2D eigenvalue weighted by atomic mass is 16.6. The minimum absolute atomic E-state index is 0.0803. The molecule has 0 aliphatic rings. The van der Waals surface area contributed by atoms with E-state index in [1.807, 2.05) is 0 Å². The molecular weight excluding hydrogens is 669 g/mol. The Bertz CT molecular complexity index is 946. The fourth-order valence-corrected chi connectivity index (χ4v) is 6.30. The van der Waals surface area contributed by atoms with Gasteiger partial charge in [0, 0.05) is 12.8 Å². The molecule has 5 nitrogen and oxygen atoms in total. The fraction of sp³-hybridized carbons (Fsp3) is 0.755. The minimum Gasteiger partial charge on any atom is -0.462 e. The van der Waals surface area contributed by atoms with Gasteiger partial charge in [0.1, 0.15) is 6.61 Å². The lowest BCUT2D eigenvalue weighted by atomic mass is 10.0. The molecule has 0 unspecified atom stereocenters. The predicted molar refractivity (Wildman–Crippen MR) is 233 cm³/mol. The van der Waals surface area contributed by atoms with Crippen molar-refractivity contribution in [1.29, 1.82) is 0 Å². The molecule has 54 heavy (non-hydrogen) atoms. The molecule has 0 heterocycles. The quantitative estimate of drug-likeness (QED) is 0.0382. The standard InChI is InChI=1S/C49H86O5/c1-3-5-7-9-11-13-15-17-19-21-23-24-26-27-29-31-33-35-37-39-41-43-48(51)53-46-47(45-50)54-49(52)44-42-40-38-36-34-32-30-28-25-22-20-18-16-14-12-10-8-6-4-2/h12,14,17-20,25,28,32,34,47,50H,3-11,13,15-16,21-24,26-27,29-31,33,35-46H2,1-2H3/t47-/m0/s1. The number of hydrogen-bond donors (Lipinski definition) is 1. The number of allylic oxidation sites excluding steroid dienone is 10. The summed E-state index contributed by atoms with van der Waals surface area (Å²) in [6.45, 7) is 4.09. The first-order chi connectivity index (χ1) is 26.6. The highest BCUT2D eigenvalue weighted by molar-refractivity contribution is 5.70. The Kier molecular flexibility index (Phi) is 43.0. The Morgan fingerprint density at radius 2 is 0.741 bits per heavy atom. The Balaban J connectivity index is 3.58. The first kappa shape index (κ1) is 51.6. The van der Waals surface area contributed by atoms with Crippen LogP contribution in [0.5, 0.6) is 0 Å². The van der Waals surface area contributed by atoms with E-state index in [2.05, 4.69) is 74.6 Å². The van der Waals surface area contributed by atoms with Crippen LogP contribution in [0.3, 0.4) is 0 Å². The third kappa shape index (κ3) is 42.3. The molecule has 0 rings (SSSR count). The summed E-state index contributed by atoms with van der Waals surface area (Å²) in [4.78, 5) is 24.4. The van der Waals surface area contributed by atoms with Crippen molar-refractivity contribution in [3.63, 3.8) is 0 Å². The van der Waals surface area contributed by atoms with Crippen LogP contribution in [0, 0.1) is 0 Å². The zero-order valence-electron chi connectivity index (χ0n) is 35.5. The fourth-order valence-electron chi connectivity index (χ4n) is 6.30. The van der Waals surface area contributed by atoms with Crippen molar-refractivity contribution in [1.82, 2.24) is 0 Å². The van der Waals surface area contributed by atoms with E-state index < -0.39 is 6.10 Å². The van der Waals surface area contributed by atoms with Gasteiger partial charge < -0.3 is 14.6 Å². The van der Waals surface area contributed by atoms with Gasteiger partial charge in [0.25, 0.3) is 0 Å². The summed E-state index contributed by atoms with van der Waals surface area (Å²) in [7, 11) is 0. The molecule has 5 heteroatoms. The summed E-state index contributed by atoms with van der Waals surface area (Å²) in [5, 5.41) is 9.59. The minimum atomic E-state index is -0.790. The second-order valence-electron chi connectivity index (χ2n) is 15.1. The van der Waals surface area contributed by atoms with Gasteiger partial charge in [-0.2, -0.15) is 0 Å². The molecule has 1 N–H and O–H groups in total. The molecule has 0 aliphatic heterocycles. The van der Waals surface area contributed by atoms with Crippen LogP contribution >= 0.6 is 0 Å². The maximum absolute atomic E-state index is 12.2. The van der Waals surface area contributed by atoms with Crippen molar-refractivity contribution in [2.75, 3.05) is 13.2 Å². The van der Waals surface area contributed by atoms with Crippen molar-refractivity contribution in [2.45, 2.75) is 225 Å². The van der Waals surface area contributed by atoms with Gasteiger partial charge in [-0.15, -0.1) is 0 Å². The van der Waals surface area contributed by atoms with Crippen molar-refractivity contribution in [3.05, 3.63) is 60.8 Å². The molecule has 0 spiro atoms. The van der Waals surface area contributed by atoms with Crippen molar-refractivity contribution < 1.29 is 24.2 Å². The van der Waals surface area contributed by atoms with Gasteiger partial charge in [-0.3, -0.25) is 9.59 Å². The molecule has 1 atom stereocenters. The van der Waals surface area contributed by atoms with E-state index in [1.54, 1.807) is 0 Å². The topological polar surface area (TPSA) is 72.8 Å². The highest BCUT2D eigenvalue weighted by Gasteiger charge is 2.16. The number of esters is 2. The van der Waals surface area contributed by atoms with Crippen LogP contribution in [0.1, 0.15) is 219 Å². The number of hydrogen-bond acceptors (Lipinski definition) is 5. The Morgan fingerprint density at radius 1 is 0.426 bits per heavy atom. The molecule has 0 aliphatic carbocycles. The molecule has 0 aromatic rings. The lowest BCUT2D eigenvalue weighted by Gasteiger charge is -2.15. The third-order valence-electron chi connectivity index (χ3n) is 9.78. The molecule has 0 aromatic carbocycles. The average Bonchev–Trinajstić information content (AvgIpc) is 3.17. The Morgan fingerprint density at radius 3 is 1.19 bits per heavy atom. The number of aliphatic hydroxyl groups excluding tert-OH is 1. The summed E-state index contributed by atoms with van der Waals surface area (Å²) < 4.78 is 10.6. The molecule has 0 aromatic heterocycles. The molecule has 0 saturated heterocycles. The Hall–Kier alpha value is -2.40. The predicted octanol–water partition coefficient (Wildman–Crippen LogP) is 14.7. The molecule has 0 radical (unpaired) electrons. The summed E-state index contributed by atoms with van der Waals surface area (Å²) in [6.07, 6.45) is 58.6. The van der Waals surface area contributed by atoms with Crippen LogP contribution in [-0.2, 0) is 19.1 Å². The number of rotatable bonds is 41. The number of carbonyl (C=O) groups excluding carboxylic acids is 2. The summed E-state index contributed by atoms with van der Waals surface area (Å²) in [6, 6.07) is 0. The average molecular weight is 755 g/mol. The summed E-state index contributed by atoms with van der Waals surface area (Å²) >= 11 is 0. The van der Waals surface area contributed by atoms with Crippen molar-refractivity contribution in [3.8, 4) is 0 Å². The Labute approximate surface area is 334 Å². The first-order valence-corrected chi connectivity index (χ1v) is 22.8. The van der Waals surface area contributed by atoms with Gasteiger partial charge in [0.05, 0.1) is 6.61 Å². The monoisotopic (exact) mass is 755 g/mol. The van der Waals surface area contributed by atoms with Crippen LogP contribution in [-0.4, -0.2) is 36.4 Å². The maximum Gasteiger partial charge on any atom is 0.306 e. The molecule has 312 valence electrons. The van der Waals surface area contributed by atoms with E-state index in [-0.39, 0.29) is 25.2 Å². The van der Waals surface area contributed by atoms with Gasteiger partial charge in [0.15, 0.2) is 6.10 Å². The van der Waals surface area contributed by atoms with Crippen LogP contribution in [0.4, 0.5) is 0 Å². The SMILES string of the molecule is CCCCCC=CCC=CCC=CCC=CCCCCCC(=O)O[C@@H](CO)COC(=O)CCCCCCCCCCCCCC=CCCCCCCCC. The third-order valence-corrected chi connectivity index (χ3v) is 9.78. The van der Waals surface area contributed by atoms with Crippen LogP contribution < -0.4 is 0 Å². The normalized spacial score (nSPS) is 12.7. The number of ether oxygens (including phenoxy) is 2. The van der Waals surface area contributed by atoms with E-state index in [0.717, 1.165) is 64.2 Å². The van der Waals surface area contributed by atoms with E-state index in [4.69, 9.17) is 9.47 Å². The molecule has 0 saturated carbocycles. The molecule has 0 fully saturated rings. The molecule has 0 bridgehead atoms. The van der Waals surface area contributed by atoms with Gasteiger partial charge in [-0.1, -0.05) is 184 Å². The largest absolute Gasteiger partial charge is 0.462 e. The zero-order chi connectivity index (χ0) is 39.3. The maximum atomic E-state index is 12.2. The van der Waals surface area contributed by atoms with Gasteiger partial charge in [0.2, 0.25) is 0 Å². The van der Waals surface area contributed by atoms with Crippen LogP contribution in [0.2, 0.25) is 0 Å². The van der Waals surface area contributed by atoms with Gasteiger partial charge >= 0.3 is 11.9 Å². The van der Waals surface area contributed by atoms with Crippen LogP contribution in [0.15, 0.2) is 60.8 Å². The second kappa shape index (κ2) is 45.0. The van der Waals surface area contributed by atoms with Crippen molar-refractivity contribution >= 4 is 11.9 Å². The highest BCUT2D eigenvalue weighted by Crippen LogP contribution is 2.14. The second-order valence-corrected chi connectivity index (χ2v) is 15.1. The van der Waals surface area contributed by atoms with E-state index in [9.17, 15) is 14.7 Å². The van der Waals surface area contributed by atoms with Gasteiger partial charge in [-0.05, 0) is 83.5 Å². The first-order valence-electron chi connectivity index (χ1n) is 22.8. The lowest BCUT2D eigenvalue weighted by molar-refractivity contribution is -0.161. The summed E-state index contributed by atoms with van der Waals surface area (Å²) in [5.74, 6) is -0.626. The van der Waals surface area contributed by atoms with Crippen LogP contribution in [0.25, 0.3) is 0 Å². The molecular formula is C49H86O5. The zero-order valence-corrected chi connectivity index (χ0v) is 35.5. The van der Waals surface area contributed by atoms with E-state index in [1.165, 1.54) is 128 Å². The van der Waals surface area contributed by atoms with E-state index >= 15 is 0 Å². The number of unbranched alkanes of at least 4 members (excludes halogenated alkanes) is 23. The van der Waals surface area contributed by atoms with E-state index in [0.29, 0.717) is 12.8 Å². The lowest BCUT2D eigenvalue weighted by Crippen LogP contribution is -2.28. The summed E-state index contributed by atoms with van der Waals surface area (Å²) in [5.41, 5.74) is 0. The smallest absolute Gasteiger partial charge is 0.306 e.